The van der Waals surface area contributed by atoms with Crippen molar-refractivity contribution in [3.8, 4) is 0 Å². The number of aliphatic hydroxyl groups is 1. The standard InChI is InChI=1S/C13H11BrFNO/c1-8-2-3-9(7-16-8)13(17)11-6-10(14)4-5-12(11)15/h2-7,13,17H,1H3. The average Bonchev–Trinajstić information content (AvgIpc) is 2.32. The minimum atomic E-state index is -0.999. The van der Waals surface area contributed by atoms with Crippen LogP contribution in [0.15, 0.2) is 41.0 Å². The van der Waals surface area contributed by atoms with E-state index < -0.39 is 11.9 Å². The van der Waals surface area contributed by atoms with Crippen LogP contribution in [0.4, 0.5) is 4.39 Å². The topological polar surface area (TPSA) is 33.1 Å². The summed E-state index contributed by atoms with van der Waals surface area (Å²) in [5, 5.41) is 10.1. The van der Waals surface area contributed by atoms with Crippen LogP contribution >= 0.6 is 15.9 Å². The molecule has 1 N–H and O–H groups in total. The minimum absolute atomic E-state index is 0.241. The van der Waals surface area contributed by atoms with Gasteiger partial charge in [-0.25, -0.2) is 4.39 Å². The Morgan fingerprint density at radius 1 is 1.29 bits per heavy atom. The van der Waals surface area contributed by atoms with Crippen molar-refractivity contribution in [2.24, 2.45) is 0 Å². The summed E-state index contributed by atoms with van der Waals surface area (Å²) in [4.78, 5) is 4.08. The molecule has 0 aliphatic heterocycles. The van der Waals surface area contributed by atoms with E-state index in [9.17, 15) is 9.50 Å². The van der Waals surface area contributed by atoms with Gasteiger partial charge in [0.05, 0.1) is 0 Å². The van der Waals surface area contributed by atoms with E-state index in [2.05, 4.69) is 20.9 Å². The molecule has 88 valence electrons. The molecule has 4 heteroatoms. The molecule has 2 rings (SSSR count). The molecule has 2 aromatic rings. The summed E-state index contributed by atoms with van der Waals surface area (Å²) < 4.78 is 14.3. The average molecular weight is 296 g/mol. The zero-order valence-electron chi connectivity index (χ0n) is 9.19. The van der Waals surface area contributed by atoms with Crippen molar-refractivity contribution in [1.29, 1.82) is 0 Å². The highest BCUT2D eigenvalue weighted by molar-refractivity contribution is 9.10. The molecule has 17 heavy (non-hydrogen) atoms. The molecule has 0 saturated heterocycles. The summed E-state index contributed by atoms with van der Waals surface area (Å²) in [6.45, 7) is 1.86. The Kier molecular flexibility index (Phi) is 3.54. The van der Waals surface area contributed by atoms with Gasteiger partial charge < -0.3 is 5.11 Å². The molecule has 0 spiro atoms. The number of nitrogens with zero attached hydrogens (tertiary/aromatic N) is 1. The quantitative estimate of drug-likeness (QED) is 0.921. The largest absolute Gasteiger partial charge is 0.383 e. The lowest BCUT2D eigenvalue weighted by Gasteiger charge is -2.12. The van der Waals surface area contributed by atoms with Crippen molar-refractivity contribution in [2.75, 3.05) is 0 Å². The molecule has 1 aromatic carbocycles. The Labute approximate surface area is 107 Å². The first-order chi connectivity index (χ1) is 8.08. The highest BCUT2D eigenvalue weighted by atomic mass is 79.9. The highest BCUT2D eigenvalue weighted by Crippen LogP contribution is 2.26. The summed E-state index contributed by atoms with van der Waals surface area (Å²) in [7, 11) is 0. The van der Waals surface area contributed by atoms with Gasteiger partial charge in [0.15, 0.2) is 0 Å². The normalized spacial score (nSPS) is 12.5. The van der Waals surface area contributed by atoms with Gasteiger partial charge in [0, 0.05) is 27.5 Å². The highest BCUT2D eigenvalue weighted by Gasteiger charge is 2.15. The molecule has 0 aliphatic rings. The predicted octanol–water partition coefficient (Wildman–Crippen LogP) is 3.37. The van der Waals surface area contributed by atoms with Crippen molar-refractivity contribution in [3.63, 3.8) is 0 Å². The summed E-state index contributed by atoms with van der Waals surface area (Å²) >= 11 is 3.26. The van der Waals surface area contributed by atoms with Crippen molar-refractivity contribution < 1.29 is 9.50 Å². The van der Waals surface area contributed by atoms with Crippen LogP contribution in [-0.2, 0) is 0 Å². The van der Waals surface area contributed by atoms with Gasteiger partial charge >= 0.3 is 0 Å². The molecule has 0 bridgehead atoms. The molecule has 1 heterocycles. The van der Waals surface area contributed by atoms with Crippen LogP contribution in [-0.4, -0.2) is 10.1 Å². The minimum Gasteiger partial charge on any atom is -0.383 e. The van der Waals surface area contributed by atoms with Gasteiger partial charge in [0.25, 0.3) is 0 Å². The number of aliphatic hydroxyl groups excluding tert-OH is 1. The summed E-state index contributed by atoms with van der Waals surface area (Å²) in [6, 6.07) is 8.02. The van der Waals surface area contributed by atoms with Gasteiger partial charge in [-0.2, -0.15) is 0 Å². The second kappa shape index (κ2) is 4.94. The maximum atomic E-state index is 13.6. The molecular formula is C13H11BrFNO. The van der Waals surface area contributed by atoms with Crippen LogP contribution in [0.25, 0.3) is 0 Å². The van der Waals surface area contributed by atoms with E-state index in [0.717, 1.165) is 10.2 Å². The smallest absolute Gasteiger partial charge is 0.129 e. The second-order valence-electron chi connectivity index (χ2n) is 3.80. The van der Waals surface area contributed by atoms with Gasteiger partial charge in [0.2, 0.25) is 0 Å². The number of halogens is 2. The molecule has 1 aromatic heterocycles. The van der Waals surface area contributed by atoms with E-state index in [1.165, 1.54) is 6.07 Å². The maximum absolute atomic E-state index is 13.6. The molecular weight excluding hydrogens is 285 g/mol. The van der Waals surface area contributed by atoms with Crippen molar-refractivity contribution in [1.82, 2.24) is 4.98 Å². The number of hydrogen-bond acceptors (Lipinski definition) is 2. The number of rotatable bonds is 2. The third-order valence-corrected chi connectivity index (χ3v) is 3.00. The van der Waals surface area contributed by atoms with Crippen LogP contribution < -0.4 is 0 Å². The van der Waals surface area contributed by atoms with E-state index in [-0.39, 0.29) is 5.56 Å². The monoisotopic (exact) mass is 295 g/mol. The van der Waals surface area contributed by atoms with Crippen LogP contribution in [0.3, 0.4) is 0 Å². The van der Waals surface area contributed by atoms with Crippen LogP contribution in [0.2, 0.25) is 0 Å². The van der Waals surface area contributed by atoms with E-state index in [1.54, 1.807) is 30.5 Å². The molecule has 0 amide bonds. The van der Waals surface area contributed by atoms with Gasteiger partial charge in [-0.15, -0.1) is 0 Å². The van der Waals surface area contributed by atoms with Gasteiger partial charge in [-0.3, -0.25) is 4.98 Å². The number of hydrogen-bond donors (Lipinski definition) is 1. The van der Waals surface area contributed by atoms with Gasteiger partial charge in [-0.05, 0) is 31.2 Å². The number of aromatic nitrogens is 1. The third-order valence-electron chi connectivity index (χ3n) is 2.50. The molecule has 0 fully saturated rings. The SMILES string of the molecule is Cc1ccc(C(O)c2cc(Br)ccc2F)cn1. The lowest BCUT2D eigenvalue weighted by Crippen LogP contribution is -2.03. The van der Waals surface area contributed by atoms with Gasteiger partial charge in [0.1, 0.15) is 11.9 Å². The first kappa shape index (κ1) is 12.2. The summed E-state index contributed by atoms with van der Waals surface area (Å²) in [6.07, 6.45) is 0.556. The van der Waals surface area contributed by atoms with E-state index in [0.29, 0.717) is 5.56 Å². The summed E-state index contributed by atoms with van der Waals surface area (Å²) in [5.74, 6) is -0.429. The molecule has 0 radical (unpaired) electrons. The Hall–Kier alpha value is -1.26. The fourth-order valence-electron chi connectivity index (χ4n) is 1.54. The fraction of sp³-hybridized carbons (Fsp3) is 0.154. The van der Waals surface area contributed by atoms with Gasteiger partial charge in [-0.1, -0.05) is 22.0 Å². The molecule has 1 unspecified atom stereocenters. The van der Waals surface area contributed by atoms with Crippen LogP contribution in [0.1, 0.15) is 22.9 Å². The first-order valence-electron chi connectivity index (χ1n) is 5.13. The molecule has 2 nitrogen and oxygen atoms in total. The summed E-state index contributed by atoms with van der Waals surface area (Å²) in [5.41, 5.74) is 1.67. The van der Waals surface area contributed by atoms with Crippen LogP contribution in [0, 0.1) is 12.7 Å². The van der Waals surface area contributed by atoms with Crippen molar-refractivity contribution in [2.45, 2.75) is 13.0 Å². The fourth-order valence-corrected chi connectivity index (χ4v) is 1.92. The Morgan fingerprint density at radius 2 is 2.06 bits per heavy atom. The van der Waals surface area contributed by atoms with E-state index in [4.69, 9.17) is 0 Å². The van der Waals surface area contributed by atoms with E-state index in [1.807, 2.05) is 6.92 Å². The molecule has 0 saturated carbocycles. The van der Waals surface area contributed by atoms with Crippen molar-refractivity contribution in [3.05, 3.63) is 63.6 Å². The molecule has 0 aliphatic carbocycles. The number of pyridine rings is 1. The Bertz CT molecular complexity index is 527. The lowest BCUT2D eigenvalue weighted by molar-refractivity contribution is 0.214. The Morgan fingerprint density at radius 3 is 2.71 bits per heavy atom. The van der Waals surface area contributed by atoms with Crippen LogP contribution in [0.5, 0.6) is 0 Å². The zero-order chi connectivity index (χ0) is 12.4. The second-order valence-corrected chi connectivity index (χ2v) is 4.72. The zero-order valence-corrected chi connectivity index (χ0v) is 10.8. The lowest BCUT2D eigenvalue weighted by atomic mass is 10.0. The third kappa shape index (κ3) is 2.70. The van der Waals surface area contributed by atoms with Crippen molar-refractivity contribution >= 4 is 15.9 Å². The van der Waals surface area contributed by atoms with E-state index >= 15 is 0 Å². The predicted molar refractivity (Wildman–Crippen MR) is 67.1 cm³/mol. The molecule has 1 atom stereocenters. The maximum Gasteiger partial charge on any atom is 0.129 e. The Balaban J connectivity index is 2.39. The number of aryl methyl sites for hydroxylation is 1. The first-order valence-corrected chi connectivity index (χ1v) is 5.93. The number of benzene rings is 1.